The lowest BCUT2D eigenvalue weighted by Crippen LogP contribution is -2.04. The van der Waals surface area contributed by atoms with Crippen molar-refractivity contribution in [2.75, 3.05) is 0 Å². The first-order valence-corrected chi connectivity index (χ1v) is 6.28. The molecular weight excluding hydrogens is 256 g/mol. The van der Waals surface area contributed by atoms with Crippen LogP contribution < -0.4 is 5.73 Å². The summed E-state index contributed by atoms with van der Waals surface area (Å²) in [5.74, 6) is 0.790. The lowest BCUT2D eigenvalue weighted by atomic mass is 10.3. The summed E-state index contributed by atoms with van der Waals surface area (Å²) in [5, 5.41) is 8.33. The Bertz CT molecular complexity index is 673. The van der Waals surface area contributed by atoms with Crippen LogP contribution >= 0.6 is 22.9 Å². The van der Waals surface area contributed by atoms with Crippen molar-refractivity contribution in [1.82, 2.24) is 14.6 Å². The molecule has 0 aliphatic rings. The van der Waals surface area contributed by atoms with Crippen LogP contribution in [0.25, 0.3) is 16.3 Å². The van der Waals surface area contributed by atoms with E-state index in [1.807, 2.05) is 34.7 Å². The van der Waals surface area contributed by atoms with E-state index in [-0.39, 0.29) is 0 Å². The molecule has 3 rings (SSSR count). The van der Waals surface area contributed by atoms with Gasteiger partial charge in [-0.2, -0.15) is 0 Å². The number of fused-ring (bicyclic) bond motifs is 1. The second-order valence-corrected chi connectivity index (χ2v) is 5.26. The molecule has 0 fully saturated rings. The van der Waals surface area contributed by atoms with E-state index in [0.29, 0.717) is 6.54 Å². The molecule has 0 saturated heterocycles. The molecule has 0 unspecified atom stereocenters. The molecule has 0 saturated carbocycles. The lowest BCUT2D eigenvalue weighted by molar-refractivity contribution is 0.947. The van der Waals surface area contributed by atoms with Crippen molar-refractivity contribution in [3.8, 4) is 10.7 Å². The predicted octanol–water partition coefficient (Wildman–Crippen LogP) is 2.57. The van der Waals surface area contributed by atoms with Crippen LogP contribution in [0.3, 0.4) is 0 Å². The second kappa shape index (κ2) is 4.10. The monoisotopic (exact) mass is 264 g/mol. The normalized spacial score (nSPS) is 11.2. The van der Waals surface area contributed by atoms with Crippen LogP contribution in [-0.4, -0.2) is 14.6 Å². The van der Waals surface area contributed by atoms with Gasteiger partial charge in [0.15, 0.2) is 11.5 Å². The summed E-state index contributed by atoms with van der Waals surface area (Å²) in [6.07, 6.45) is 0. The Labute approximate surface area is 107 Å². The number of aromatic nitrogens is 3. The Hall–Kier alpha value is -1.43. The Kier molecular flexibility index (Phi) is 2.58. The van der Waals surface area contributed by atoms with Crippen molar-refractivity contribution in [3.63, 3.8) is 0 Å². The standard InChI is InChI=1S/C11H9ClN4S/c12-9-5-4-8(17-9)11-15-14-10-3-1-2-7(6-13)16(10)11/h1-5H,6,13H2. The van der Waals surface area contributed by atoms with E-state index in [4.69, 9.17) is 17.3 Å². The molecule has 86 valence electrons. The highest BCUT2D eigenvalue weighted by molar-refractivity contribution is 7.19. The van der Waals surface area contributed by atoms with Gasteiger partial charge in [-0.1, -0.05) is 17.7 Å². The topological polar surface area (TPSA) is 56.2 Å². The van der Waals surface area contributed by atoms with Crippen molar-refractivity contribution in [1.29, 1.82) is 0 Å². The SMILES string of the molecule is NCc1cccc2nnc(-c3ccc(Cl)s3)n12. The van der Waals surface area contributed by atoms with E-state index in [0.717, 1.165) is 26.4 Å². The summed E-state index contributed by atoms with van der Waals surface area (Å²) in [4.78, 5) is 0.989. The van der Waals surface area contributed by atoms with Crippen molar-refractivity contribution in [2.45, 2.75) is 6.54 Å². The molecular formula is C11H9ClN4S. The molecule has 17 heavy (non-hydrogen) atoms. The molecule has 2 N–H and O–H groups in total. The molecule has 3 aromatic rings. The van der Waals surface area contributed by atoms with Crippen LogP contribution in [-0.2, 0) is 6.54 Å². The first-order chi connectivity index (χ1) is 8.29. The van der Waals surface area contributed by atoms with Gasteiger partial charge in [0.25, 0.3) is 0 Å². The smallest absolute Gasteiger partial charge is 0.178 e. The highest BCUT2D eigenvalue weighted by Gasteiger charge is 2.12. The van der Waals surface area contributed by atoms with Gasteiger partial charge in [-0.05, 0) is 24.3 Å². The lowest BCUT2D eigenvalue weighted by Gasteiger charge is -2.03. The molecule has 0 atom stereocenters. The van der Waals surface area contributed by atoms with Crippen molar-refractivity contribution in [2.24, 2.45) is 5.73 Å². The minimum atomic E-state index is 0.446. The van der Waals surface area contributed by atoms with Gasteiger partial charge >= 0.3 is 0 Å². The van der Waals surface area contributed by atoms with E-state index in [9.17, 15) is 0 Å². The van der Waals surface area contributed by atoms with Crippen LogP contribution in [0.2, 0.25) is 4.34 Å². The largest absolute Gasteiger partial charge is 0.325 e. The Balaban J connectivity index is 2.30. The maximum Gasteiger partial charge on any atom is 0.178 e. The highest BCUT2D eigenvalue weighted by atomic mass is 35.5. The van der Waals surface area contributed by atoms with E-state index in [1.165, 1.54) is 11.3 Å². The van der Waals surface area contributed by atoms with E-state index < -0.39 is 0 Å². The molecule has 0 amide bonds. The van der Waals surface area contributed by atoms with Crippen LogP contribution in [0.5, 0.6) is 0 Å². The van der Waals surface area contributed by atoms with Crippen LogP contribution in [0.15, 0.2) is 30.3 Å². The molecule has 0 aliphatic heterocycles. The highest BCUT2D eigenvalue weighted by Crippen LogP contribution is 2.30. The van der Waals surface area contributed by atoms with Gasteiger partial charge in [-0.25, -0.2) is 0 Å². The maximum atomic E-state index is 5.94. The van der Waals surface area contributed by atoms with Crippen molar-refractivity contribution >= 4 is 28.6 Å². The quantitative estimate of drug-likeness (QED) is 0.774. The fourth-order valence-electron chi connectivity index (χ4n) is 1.76. The first kappa shape index (κ1) is 10.7. The molecule has 0 aromatic carbocycles. The summed E-state index contributed by atoms with van der Waals surface area (Å²) >= 11 is 7.42. The Morgan fingerprint density at radius 3 is 2.82 bits per heavy atom. The third kappa shape index (κ3) is 1.72. The van der Waals surface area contributed by atoms with Gasteiger partial charge in [0.1, 0.15) is 0 Å². The zero-order valence-corrected chi connectivity index (χ0v) is 10.4. The molecule has 0 radical (unpaired) electrons. The summed E-state index contributed by atoms with van der Waals surface area (Å²) in [5.41, 5.74) is 7.51. The number of hydrogen-bond acceptors (Lipinski definition) is 4. The van der Waals surface area contributed by atoms with Crippen LogP contribution in [0.1, 0.15) is 5.69 Å². The average Bonchev–Trinajstić information content (AvgIpc) is 2.94. The van der Waals surface area contributed by atoms with Crippen LogP contribution in [0.4, 0.5) is 0 Å². The zero-order valence-electron chi connectivity index (χ0n) is 8.80. The molecule has 4 nitrogen and oxygen atoms in total. The van der Waals surface area contributed by atoms with Gasteiger partial charge in [0, 0.05) is 12.2 Å². The number of nitrogens with two attached hydrogens (primary N) is 1. The first-order valence-electron chi connectivity index (χ1n) is 5.08. The van der Waals surface area contributed by atoms with Gasteiger partial charge in [-0.3, -0.25) is 4.40 Å². The third-order valence-corrected chi connectivity index (χ3v) is 3.74. The molecule has 0 bridgehead atoms. The second-order valence-electron chi connectivity index (χ2n) is 3.54. The maximum absolute atomic E-state index is 5.94. The van der Waals surface area contributed by atoms with E-state index in [1.54, 1.807) is 0 Å². The molecule has 0 aliphatic carbocycles. The molecule has 3 heterocycles. The predicted molar refractivity (Wildman–Crippen MR) is 69.2 cm³/mol. The third-order valence-electron chi connectivity index (χ3n) is 2.51. The van der Waals surface area contributed by atoms with Crippen LogP contribution in [0, 0.1) is 0 Å². The van der Waals surface area contributed by atoms with Gasteiger partial charge in [0.2, 0.25) is 0 Å². The summed E-state index contributed by atoms with van der Waals surface area (Å²) in [6, 6.07) is 9.60. The number of pyridine rings is 1. The van der Waals surface area contributed by atoms with Crippen molar-refractivity contribution < 1.29 is 0 Å². The van der Waals surface area contributed by atoms with E-state index in [2.05, 4.69) is 10.2 Å². The van der Waals surface area contributed by atoms with Crippen molar-refractivity contribution in [3.05, 3.63) is 40.4 Å². The fraction of sp³-hybridized carbons (Fsp3) is 0.0909. The molecule has 6 heteroatoms. The molecule has 0 spiro atoms. The number of rotatable bonds is 2. The fourth-order valence-corrected chi connectivity index (χ4v) is 2.78. The molecule has 3 aromatic heterocycles. The van der Waals surface area contributed by atoms with Gasteiger partial charge in [-0.15, -0.1) is 21.5 Å². The minimum absolute atomic E-state index is 0.446. The Morgan fingerprint density at radius 2 is 2.12 bits per heavy atom. The summed E-state index contributed by atoms with van der Waals surface area (Å²) in [6.45, 7) is 0.446. The number of thiophene rings is 1. The summed E-state index contributed by atoms with van der Waals surface area (Å²) in [7, 11) is 0. The Morgan fingerprint density at radius 1 is 1.24 bits per heavy atom. The number of halogens is 1. The van der Waals surface area contributed by atoms with Gasteiger partial charge in [0.05, 0.1) is 9.21 Å². The summed E-state index contributed by atoms with van der Waals surface area (Å²) < 4.78 is 2.70. The average molecular weight is 265 g/mol. The minimum Gasteiger partial charge on any atom is -0.325 e. The van der Waals surface area contributed by atoms with E-state index >= 15 is 0 Å². The number of nitrogens with zero attached hydrogens (tertiary/aromatic N) is 3. The number of hydrogen-bond donors (Lipinski definition) is 1. The van der Waals surface area contributed by atoms with Gasteiger partial charge < -0.3 is 5.73 Å². The zero-order chi connectivity index (χ0) is 11.8.